The number of aromatic hydroxyl groups is 3. The van der Waals surface area contributed by atoms with Crippen molar-refractivity contribution in [3.63, 3.8) is 0 Å². The van der Waals surface area contributed by atoms with Gasteiger partial charge in [-0.25, -0.2) is 0 Å². The van der Waals surface area contributed by atoms with Crippen LogP contribution in [0.4, 0.5) is 0 Å². The van der Waals surface area contributed by atoms with E-state index >= 15 is 0 Å². The van der Waals surface area contributed by atoms with Gasteiger partial charge in [0, 0.05) is 23.4 Å². The molecule has 5 heteroatoms. The quantitative estimate of drug-likeness (QED) is 0.631. The van der Waals surface area contributed by atoms with Crippen molar-refractivity contribution < 1.29 is 15.3 Å². The Labute approximate surface area is 111 Å². The van der Waals surface area contributed by atoms with E-state index in [9.17, 15) is 15.3 Å². The lowest BCUT2D eigenvalue weighted by Gasteiger charge is -2.23. The van der Waals surface area contributed by atoms with E-state index < -0.39 is 5.75 Å². The predicted molar refractivity (Wildman–Crippen MR) is 73.2 cm³/mol. The molecule has 1 unspecified atom stereocenters. The van der Waals surface area contributed by atoms with Crippen molar-refractivity contribution in [2.45, 2.75) is 31.1 Å². The zero-order chi connectivity index (χ0) is 13.2. The molecule has 2 rings (SSSR count). The smallest absolute Gasteiger partial charge is 0.200 e. The Bertz CT molecular complexity index is 430. The molecule has 1 atom stereocenters. The van der Waals surface area contributed by atoms with Gasteiger partial charge in [0.05, 0.1) is 0 Å². The Kier molecular flexibility index (Phi) is 3.92. The second-order valence-corrected chi connectivity index (χ2v) is 6.63. The highest BCUT2D eigenvalue weighted by atomic mass is 32.2. The van der Waals surface area contributed by atoms with Gasteiger partial charge in [-0.05, 0) is 31.6 Å². The molecule has 0 aliphatic carbocycles. The van der Waals surface area contributed by atoms with Crippen LogP contribution in [0.2, 0.25) is 0 Å². The average Bonchev–Trinajstić information content (AvgIpc) is 2.77. The number of nitrogens with one attached hydrogen (secondary N) is 1. The Balaban J connectivity index is 1.92. The Morgan fingerprint density at radius 1 is 1.28 bits per heavy atom. The molecule has 1 aliphatic rings. The van der Waals surface area contributed by atoms with Crippen LogP contribution in [0.1, 0.15) is 25.3 Å². The summed E-state index contributed by atoms with van der Waals surface area (Å²) in [6.45, 7) is 3.60. The SMILES string of the molecule is CC1(CNCc2ccc(O)c(O)c2O)CCCS1. The second kappa shape index (κ2) is 5.28. The third-order valence-electron chi connectivity index (χ3n) is 3.33. The molecule has 1 saturated heterocycles. The monoisotopic (exact) mass is 269 g/mol. The standard InChI is InChI=1S/C13H19NO3S/c1-13(5-2-6-18-13)8-14-7-9-3-4-10(15)12(17)11(9)16/h3-4,14-17H,2,5-8H2,1H3. The first-order valence-corrected chi connectivity index (χ1v) is 7.08. The first-order valence-electron chi connectivity index (χ1n) is 6.09. The van der Waals surface area contributed by atoms with Crippen molar-refractivity contribution in [3.05, 3.63) is 17.7 Å². The lowest BCUT2D eigenvalue weighted by Crippen LogP contribution is -2.32. The van der Waals surface area contributed by atoms with E-state index in [-0.39, 0.29) is 16.2 Å². The van der Waals surface area contributed by atoms with E-state index in [1.807, 2.05) is 11.8 Å². The third-order valence-corrected chi connectivity index (χ3v) is 4.87. The molecule has 0 aromatic heterocycles. The first kappa shape index (κ1) is 13.4. The molecular formula is C13H19NO3S. The highest BCUT2D eigenvalue weighted by Crippen LogP contribution is 2.38. The summed E-state index contributed by atoms with van der Waals surface area (Å²) < 4.78 is 0.272. The summed E-state index contributed by atoms with van der Waals surface area (Å²) in [6, 6.07) is 3.00. The number of hydrogen-bond acceptors (Lipinski definition) is 5. The molecule has 4 nitrogen and oxygen atoms in total. The molecule has 1 aromatic rings. The largest absolute Gasteiger partial charge is 0.504 e. The fourth-order valence-electron chi connectivity index (χ4n) is 2.19. The molecular weight excluding hydrogens is 250 g/mol. The van der Waals surface area contributed by atoms with Gasteiger partial charge in [0.2, 0.25) is 5.75 Å². The molecule has 1 heterocycles. The maximum atomic E-state index is 9.68. The highest BCUT2D eigenvalue weighted by Gasteiger charge is 2.28. The molecule has 0 saturated carbocycles. The summed E-state index contributed by atoms with van der Waals surface area (Å²) in [4.78, 5) is 0. The van der Waals surface area contributed by atoms with Gasteiger partial charge in [0.1, 0.15) is 0 Å². The minimum Gasteiger partial charge on any atom is -0.504 e. The fraction of sp³-hybridized carbons (Fsp3) is 0.538. The van der Waals surface area contributed by atoms with Crippen molar-refractivity contribution >= 4 is 11.8 Å². The number of phenolic OH excluding ortho intramolecular Hbond substituents is 3. The summed E-state index contributed by atoms with van der Waals surface area (Å²) in [5.74, 6) is 0.223. The van der Waals surface area contributed by atoms with E-state index in [4.69, 9.17) is 0 Å². The molecule has 0 radical (unpaired) electrons. The van der Waals surface area contributed by atoms with Crippen LogP contribution in [0, 0.1) is 0 Å². The van der Waals surface area contributed by atoms with Gasteiger partial charge in [-0.3, -0.25) is 0 Å². The fourth-order valence-corrected chi connectivity index (χ4v) is 3.47. The first-order chi connectivity index (χ1) is 8.52. The summed E-state index contributed by atoms with van der Waals surface area (Å²) in [7, 11) is 0. The van der Waals surface area contributed by atoms with E-state index in [1.54, 1.807) is 6.07 Å². The Morgan fingerprint density at radius 3 is 2.72 bits per heavy atom. The Hall–Kier alpha value is -1.07. The summed E-state index contributed by atoms with van der Waals surface area (Å²) in [6.07, 6.45) is 2.46. The van der Waals surface area contributed by atoms with Crippen LogP contribution in [-0.4, -0.2) is 32.4 Å². The molecule has 0 amide bonds. The van der Waals surface area contributed by atoms with Gasteiger partial charge in [0.15, 0.2) is 11.5 Å². The Morgan fingerprint density at radius 2 is 2.06 bits per heavy atom. The molecule has 18 heavy (non-hydrogen) atoms. The minimum absolute atomic E-state index is 0.244. The second-order valence-electron chi connectivity index (χ2n) is 4.95. The molecule has 1 fully saturated rings. The number of hydrogen-bond donors (Lipinski definition) is 4. The summed E-state index contributed by atoms with van der Waals surface area (Å²) in [5.41, 5.74) is 0.594. The van der Waals surface area contributed by atoms with E-state index in [1.165, 1.54) is 24.7 Å². The average molecular weight is 269 g/mol. The van der Waals surface area contributed by atoms with Gasteiger partial charge in [-0.2, -0.15) is 11.8 Å². The molecule has 0 bridgehead atoms. The molecule has 4 N–H and O–H groups in total. The maximum absolute atomic E-state index is 9.68. The summed E-state index contributed by atoms with van der Waals surface area (Å²) >= 11 is 1.98. The number of rotatable bonds is 4. The van der Waals surface area contributed by atoms with Crippen molar-refractivity contribution in [2.75, 3.05) is 12.3 Å². The normalized spacial score (nSPS) is 23.4. The topological polar surface area (TPSA) is 72.7 Å². The van der Waals surface area contributed by atoms with E-state index in [0.717, 1.165) is 6.54 Å². The van der Waals surface area contributed by atoms with Crippen molar-refractivity contribution in [1.82, 2.24) is 5.32 Å². The van der Waals surface area contributed by atoms with Crippen LogP contribution < -0.4 is 5.32 Å². The zero-order valence-corrected chi connectivity index (χ0v) is 11.3. The van der Waals surface area contributed by atoms with E-state index in [0.29, 0.717) is 12.1 Å². The zero-order valence-electron chi connectivity index (χ0n) is 10.4. The predicted octanol–water partition coefficient (Wildman–Crippen LogP) is 2.18. The lowest BCUT2D eigenvalue weighted by atomic mass is 10.1. The van der Waals surface area contributed by atoms with Crippen LogP contribution in [-0.2, 0) is 6.54 Å². The van der Waals surface area contributed by atoms with Gasteiger partial charge < -0.3 is 20.6 Å². The minimum atomic E-state index is -0.448. The van der Waals surface area contributed by atoms with Crippen LogP contribution >= 0.6 is 11.8 Å². The van der Waals surface area contributed by atoms with E-state index in [2.05, 4.69) is 12.2 Å². The summed E-state index contributed by atoms with van der Waals surface area (Å²) in [5, 5.41) is 31.6. The molecule has 1 aliphatic heterocycles. The number of phenols is 3. The highest BCUT2D eigenvalue weighted by molar-refractivity contribution is 8.00. The van der Waals surface area contributed by atoms with Crippen LogP contribution in [0.5, 0.6) is 17.2 Å². The van der Waals surface area contributed by atoms with Crippen LogP contribution in [0.3, 0.4) is 0 Å². The molecule has 1 aromatic carbocycles. The van der Waals surface area contributed by atoms with Crippen LogP contribution in [0.15, 0.2) is 12.1 Å². The van der Waals surface area contributed by atoms with Gasteiger partial charge in [-0.15, -0.1) is 0 Å². The van der Waals surface area contributed by atoms with Crippen LogP contribution in [0.25, 0.3) is 0 Å². The van der Waals surface area contributed by atoms with Gasteiger partial charge in [0.25, 0.3) is 0 Å². The molecule has 0 spiro atoms. The molecule has 100 valence electrons. The van der Waals surface area contributed by atoms with Crippen molar-refractivity contribution in [2.24, 2.45) is 0 Å². The van der Waals surface area contributed by atoms with Gasteiger partial charge in [-0.1, -0.05) is 6.07 Å². The lowest BCUT2D eigenvalue weighted by molar-refractivity contribution is 0.363. The van der Waals surface area contributed by atoms with Gasteiger partial charge >= 0.3 is 0 Å². The maximum Gasteiger partial charge on any atom is 0.200 e. The van der Waals surface area contributed by atoms with Crippen molar-refractivity contribution in [1.29, 1.82) is 0 Å². The van der Waals surface area contributed by atoms with Crippen molar-refractivity contribution in [3.8, 4) is 17.2 Å². The number of thioether (sulfide) groups is 1. The number of benzene rings is 1. The third kappa shape index (κ3) is 2.84.